The molecule has 0 radical (unpaired) electrons. The molecule has 0 unspecified atom stereocenters. The molecule has 1 aromatic rings. The van der Waals surface area contributed by atoms with E-state index in [1.165, 1.54) is 37.7 Å². The number of ether oxygens (including phenoxy) is 1. The van der Waals surface area contributed by atoms with Crippen LogP contribution in [-0.4, -0.2) is 42.6 Å². The van der Waals surface area contributed by atoms with Crippen molar-refractivity contribution in [1.29, 1.82) is 0 Å². The van der Waals surface area contributed by atoms with Gasteiger partial charge in [-0.2, -0.15) is 0 Å². The third-order valence-electron chi connectivity index (χ3n) is 11.4. The van der Waals surface area contributed by atoms with E-state index in [2.05, 4.69) is 65.2 Å². The minimum absolute atomic E-state index is 0.0292. The van der Waals surface area contributed by atoms with Crippen LogP contribution in [0.15, 0.2) is 30.3 Å². The zero-order valence-electron chi connectivity index (χ0n) is 22.7. The van der Waals surface area contributed by atoms with Gasteiger partial charge >= 0.3 is 5.97 Å². The monoisotopic (exact) mass is 500 g/mol. The van der Waals surface area contributed by atoms with Gasteiger partial charge < -0.3 is 9.22 Å². The Balaban J connectivity index is 1.26. The van der Waals surface area contributed by atoms with Crippen molar-refractivity contribution in [2.45, 2.75) is 90.0 Å². The average Bonchev–Trinajstić information content (AvgIpc) is 2.96. The minimum Gasteiger partial charge on any atom is -0.459 e. The molecule has 0 aliphatic heterocycles. The molecular weight excluding hydrogens is 454 g/mol. The van der Waals surface area contributed by atoms with Crippen LogP contribution in [0, 0.1) is 34.0 Å². The molecule has 0 aromatic heterocycles. The van der Waals surface area contributed by atoms with E-state index in [4.69, 9.17) is 16.3 Å². The number of quaternary nitrogens is 1. The highest BCUT2D eigenvalue weighted by atomic mass is 35.5. The second kappa shape index (κ2) is 8.76. The second-order valence-corrected chi connectivity index (χ2v) is 14.8. The Morgan fingerprint density at radius 2 is 1.77 bits per heavy atom. The number of benzene rings is 1. The van der Waals surface area contributed by atoms with Crippen molar-refractivity contribution in [3.63, 3.8) is 0 Å². The lowest BCUT2D eigenvalue weighted by molar-refractivity contribution is -0.903. The molecule has 4 fully saturated rings. The SMILES string of the molecule is C[C@H]1C[C@@]23CC[C@H]4[C@@](C)(CCC[C@@]4(C)C(=O)OCC[N+](C)(C)Cc4ccccc4)[C@@H]2CC[C@]1(Cl)C3. The molecule has 7 atom stereocenters. The zero-order chi connectivity index (χ0) is 25.1. The van der Waals surface area contributed by atoms with Crippen LogP contribution >= 0.6 is 11.6 Å². The van der Waals surface area contributed by atoms with Crippen molar-refractivity contribution in [2.24, 2.45) is 34.0 Å². The summed E-state index contributed by atoms with van der Waals surface area (Å²) in [6.07, 6.45) is 10.7. The predicted molar refractivity (Wildman–Crippen MR) is 143 cm³/mol. The number of carbonyl (C=O) groups excluding carboxylic acids is 1. The maximum atomic E-state index is 13.7. The Hall–Kier alpha value is -1.06. The molecule has 1 aromatic carbocycles. The van der Waals surface area contributed by atoms with Gasteiger partial charge in [0.1, 0.15) is 19.7 Å². The normalized spacial score (nSPS) is 42.7. The molecule has 194 valence electrons. The van der Waals surface area contributed by atoms with Crippen LogP contribution in [0.2, 0.25) is 0 Å². The number of fused-ring (bicyclic) bond motifs is 3. The van der Waals surface area contributed by atoms with Crippen LogP contribution in [0.5, 0.6) is 0 Å². The fourth-order valence-corrected chi connectivity index (χ4v) is 10.1. The summed E-state index contributed by atoms with van der Waals surface area (Å²) in [6.45, 7) is 9.44. The number of halogens is 1. The molecule has 4 heteroatoms. The summed E-state index contributed by atoms with van der Waals surface area (Å²) in [5.41, 5.74) is 1.61. The van der Waals surface area contributed by atoms with E-state index in [1.807, 2.05) is 0 Å². The lowest BCUT2D eigenvalue weighted by Gasteiger charge is -2.64. The summed E-state index contributed by atoms with van der Waals surface area (Å²) in [7, 11) is 4.45. The van der Waals surface area contributed by atoms with Crippen molar-refractivity contribution in [2.75, 3.05) is 27.2 Å². The lowest BCUT2D eigenvalue weighted by Crippen LogP contribution is -2.59. The lowest BCUT2D eigenvalue weighted by atomic mass is 9.41. The molecule has 5 rings (SSSR count). The van der Waals surface area contributed by atoms with Crippen LogP contribution in [0.1, 0.15) is 84.1 Å². The zero-order valence-corrected chi connectivity index (χ0v) is 23.5. The Morgan fingerprint density at radius 1 is 1.06 bits per heavy atom. The van der Waals surface area contributed by atoms with E-state index in [0.29, 0.717) is 29.8 Å². The quantitative estimate of drug-likeness (QED) is 0.234. The summed E-state index contributed by atoms with van der Waals surface area (Å²) >= 11 is 7.16. The van der Waals surface area contributed by atoms with Gasteiger partial charge in [0.15, 0.2) is 0 Å². The molecule has 0 heterocycles. The van der Waals surface area contributed by atoms with Crippen LogP contribution in [-0.2, 0) is 16.1 Å². The summed E-state index contributed by atoms with van der Waals surface area (Å²) < 4.78 is 6.92. The van der Waals surface area contributed by atoms with Crippen molar-refractivity contribution < 1.29 is 14.0 Å². The number of likely N-dealkylation sites (N-methyl/N-ethyl adjacent to an activating group) is 1. The fraction of sp³-hybridized carbons (Fsp3) is 0.774. The number of nitrogens with zero attached hydrogens (tertiary/aromatic N) is 1. The number of rotatable bonds is 6. The highest BCUT2D eigenvalue weighted by molar-refractivity contribution is 6.24. The van der Waals surface area contributed by atoms with Gasteiger partial charge in [-0.25, -0.2) is 0 Å². The van der Waals surface area contributed by atoms with Gasteiger partial charge in [0.05, 0.1) is 19.5 Å². The first kappa shape index (κ1) is 25.6. The number of alkyl halides is 1. The standard InChI is InChI=1S/C31H47ClNO2/c1-23-20-30-16-12-25-28(2,26(30)13-17-31(23,32)22-30)14-9-15-29(25,3)27(34)35-19-18-33(4,5)21-24-10-7-6-8-11-24/h6-8,10-11,23,25-26H,9,12-22H2,1-5H3/q+1/t23-,25-,26-,28+,29+,30+,31-/m0/s1. The molecule has 0 amide bonds. The second-order valence-electron chi connectivity index (χ2n) is 14.1. The first-order valence-corrected chi connectivity index (χ1v) is 14.5. The molecule has 1 spiro atoms. The summed E-state index contributed by atoms with van der Waals surface area (Å²) in [5, 5.41) is 0. The Bertz CT molecular complexity index is 949. The third-order valence-corrected chi connectivity index (χ3v) is 12.1. The highest BCUT2D eigenvalue weighted by Gasteiger charge is 2.68. The van der Waals surface area contributed by atoms with Gasteiger partial charge in [0, 0.05) is 10.4 Å². The van der Waals surface area contributed by atoms with Gasteiger partial charge in [-0.15, -0.1) is 11.6 Å². The number of carbonyl (C=O) groups is 1. The fourth-order valence-electron chi connectivity index (χ4n) is 9.67. The summed E-state index contributed by atoms with van der Waals surface area (Å²) in [5.74, 6) is 1.81. The smallest absolute Gasteiger partial charge is 0.312 e. The minimum atomic E-state index is -0.356. The molecule has 0 saturated heterocycles. The maximum Gasteiger partial charge on any atom is 0.312 e. The molecule has 35 heavy (non-hydrogen) atoms. The first-order chi connectivity index (χ1) is 16.4. The van der Waals surface area contributed by atoms with Crippen molar-refractivity contribution in [1.82, 2.24) is 0 Å². The van der Waals surface area contributed by atoms with Crippen molar-refractivity contribution in [3.8, 4) is 0 Å². The topological polar surface area (TPSA) is 26.3 Å². The van der Waals surface area contributed by atoms with Crippen LogP contribution in [0.4, 0.5) is 0 Å². The Kier molecular flexibility index (Phi) is 6.40. The van der Waals surface area contributed by atoms with Gasteiger partial charge in [-0.3, -0.25) is 4.79 Å². The molecular formula is C31H47ClNO2+. The Labute approximate surface area is 218 Å². The molecule has 3 nitrogen and oxygen atoms in total. The van der Waals surface area contributed by atoms with E-state index < -0.39 is 0 Å². The molecule has 2 bridgehead atoms. The maximum absolute atomic E-state index is 13.7. The molecule has 0 N–H and O–H groups in total. The van der Waals surface area contributed by atoms with E-state index in [9.17, 15) is 4.79 Å². The van der Waals surface area contributed by atoms with E-state index in [0.717, 1.165) is 43.3 Å². The van der Waals surface area contributed by atoms with Gasteiger partial charge in [-0.1, -0.05) is 50.6 Å². The van der Waals surface area contributed by atoms with Crippen molar-refractivity contribution in [3.05, 3.63) is 35.9 Å². The largest absolute Gasteiger partial charge is 0.459 e. The average molecular weight is 501 g/mol. The Morgan fingerprint density at radius 3 is 2.51 bits per heavy atom. The number of hydrogen-bond acceptors (Lipinski definition) is 2. The number of hydrogen-bond donors (Lipinski definition) is 0. The van der Waals surface area contributed by atoms with Gasteiger partial charge in [0.25, 0.3) is 0 Å². The van der Waals surface area contributed by atoms with Crippen molar-refractivity contribution >= 4 is 17.6 Å². The molecule has 4 saturated carbocycles. The summed E-state index contributed by atoms with van der Waals surface area (Å²) in [4.78, 5) is 13.8. The predicted octanol–water partition coefficient (Wildman–Crippen LogP) is 7.22. The summed E-state index contributed by atoms with van der Waals surface area (Å²) in [6, 6.07) is 10.6. The highest BCUT2D eigenvalue weighted by Crippen LogP contribution is 2.74. The third kappa shape index (κ3) is 4.27. The molecule has 4 aliphatic carbocycles. The van der Waals surface area contributed by atoms with Gasteiger partial charge in [-0.05, 0) is 86.9 Å². The number of esters is 1. The van der Waals surface area contributed by atoms with E-state index >= 15 is 0 Å². The van der Waals surface area contributed by atoms with E-state index in [-0.39, 0.29) is 21.7 Å². The van der Waals surface area contributed by atoms with Crippen LogP contribution in [0.3, 0.4) is 0 Å². The molecule has 4 aliphatic rings. The van der Waals surface area contributed by atoms with Gasteiger partial charge in [0.2, 0.25) is 0 Å². The van der Waals surface area contributed by atoms with Crippen LogP contribution < -0.4 is 0 Å². The van der Waals surface area contributed by atoms with E-state index in [1.54, 1.807) is 0 Å². The first-order valence-electron chi connectivity index (χ1n) is 14.1. The van der Waals surface area contributed by atoms with Crippen LogP contribution in [0.25, 0.3) is 0 Å².